The predicted molar refractivity (Wildman–Crippen MR) is 74.6 cm³/mol. The first kappa shape index (κ1) is 13.4. The van der Waals surface area contributed by atoms with E-state index in [0.29, 0.717) is 4.47 Å². The number of phenols is 1. The highest BCUT2D eigenvalue weighted by Crippen LogP contribution is 2.25. The van der Waals surface area contributed by atoms with Gasteiger partial charge in [-0.3, -0.25) is 4.79 Å². The Kier molecular flexibility index (Phi) is 3.71. The zero-order valence-electron chi connectivity index (χ0n) is 9.65. The standard InChI is InChI=1S/C13H10BrFN2O2/c14-7-1-4-12(18)9(5-7)13(19)17-11-3-2-8(15)6-10(11)16/h1-6,18H,16H2,(H,17,19). The van der Waals surface area contributed by atoms with E-state index in [-0.39, 0.29) is 22.7 Å². The summed E-state index contributed by atoms with van der Waals surface area (Å²) < 4.78 is 13.5. The van der Waals surface area contributed by atoms with Gasteiger partial charge in [-0.15, -0.1) is 0 Å². The van der Waals surface area contributed by atoms with E-state index in [1.807, 2.05) is 0 Å². The Morgan fingerprint density at radius 3 is 2.68 bits per heavy atom. The topological polar surface area (TPSA) is 75.3 Å². The first-order valence-corrected chi connectivity index (χ1v) is 6.11. The summed E-state index contributed by atoms with van der Waals surface area (Å²) in [6, 6.07) is 8.14. The Labute approximate surface area is 117 Å². The van der Waals surface area contributed by atoms with Crippen LogP contribution in [0.3, 0.4) is 0 Å². The molecule has 4 nitrogen and oxygen atoms in total. The molecule has 0 spiro atoms. The average Bonchev–Trinajstić information content (AvgIpc) is 2.35. The van der Waals surface area contributed by atoms with E-state index in [1.165, 1.54) is 24.3 Å². The van der Waals surface area contributed by atoms with Crippen LogP contribution in [0, 0.1) is 5.82 Å². The van der Waals surface area contributed by atoms with Gasteiger partial charge in [0.15, 0.2) is 0 Å². The van der Waals surface area contributed by atoms with Crippen LogP contribution in [0.5, 0.6) is 5.75 Å². The average molecular weight is 325 g/mol. The van der Waals surface area contributed by atoms with Crippen molar-refractivity contribution >= 4 is 33.2 Å². The summed E-state index contributed by atoms with van der Waals surface area (Å²) in [6.07, 6.45) is 0. The quantitative estimate of drug-likeness (QED) is 0.743. The number of carbonyl (C=O) groups is 1. The fraction of sp³-hybridized carbons (Fsp3) is 0. The summed E-state index contributed by atoms with van der Waals surface area (Å²) in [5.74, 6) is -1.17. The number of nitrogens with two attached hydrogens (primary N) is 1. The van der Waals surface area contributed by atoms with Crippen molar-refractivity contribution in [1.82, 2.24) is 0 Å². The lowest BCUT2D eigenvalue weighted by molar-refractivity contribution is 0.102. The molecule has 1 amide bonds. The summed E-state index contributed by atoms with van der Waals surface area (Å²) >= 11 is 3.21. The number of carbonyl (C=O) groups excluding carboxylic acids is 1. The minimum atomic E-state index is -0.530. The summed E-state index contributed by atoms with van der Waals surface area (Å²) in [6.45, 7) is 0. The number of amides is 1. The number of hydrogen-bond acceptors (Lipinski definition) is 3. The SMILES string of the molecule is Nc1cc(F)ccc1NC(=O)c1cc(Br)ccc1O. The van der Waals surface area contributed by atoms with Gasteiger partial charge in [0.1, 0.15) is 11.6 Å². The number of rotatable bonds is 2. The lowest BCUT2D eigenvalue weighted by Crippen LogP contribution is -2.13. The monoisotopic (exact) mass is 324 g/mol. The summed E-state index contributed by atoms with van der Waals surface area (Å²) in [4.78, 5) is 12.0. The zero-order chi connectivity index (χ0) is 14.0. The molecule has 0 aliphatic heterocycles. The van der Waals surface area contributed by atoms with Crippen LogP contribution in [-0.2, 0) is 0 Å². The number of aromatic hydroxyl groups is 1. The molecule has 0 aliphatic rings. The van der Waals surface area contributed by atoms with Gasteiger partial charge in [-0.2, -0.15) is 0 Å². The third-order valence-corrected chi connectivity index (χ3v) is 2.96. The van der Waals surface area contributed by atoms with Crippen molar-refractivity contribution in [2.75, 3.05) is 11.1 Å². The summed E-state index contributed by atoms with van der Waals surface area (Å²) in [5, 5.41) is 12.1. The first-order valence-electron chi connectivity index (χ1n) is 5.32. The Morgan fingerprint density at radius 1 is 1.26 bits per heavy atom. The molecule has 98 valence electrons. The predicted octanol–water partition coefficient (Wildman–Crippen LogP) is 3.13. The van der Waals surface area contributed by atoms with E-state index in [4.69, 9.17) is 5.73 Å². The van der Waals surface area contributed by atoms with E-state index in [2.05, 4.69) is 21.2 Å². The molecule has 6 heteroatoms. The van der Waals surface area contributed by atoms with Gasteiger partial charge in [0, 0.05) is 4.47 Å². The van der Waals surface area contributed by atoms with E-state index >= 15 is 0 Å². The van der Waals surface area contributed by atoms with Gasteiger partial charge >= 0.3 is 0 Å². The van der Waals surface area contributed by atoms with Gasteiger partial charge < -0.3 is 16.2 Å². The van der Waals surface area contributed by atoms with Gasteiger partial charge in [0.25, 0.3) is 5.91 Å². The molecule has 0 aromatic heterocycles. The molecule has 0 radical (unpaired) electrons. The highest BCUT2D eigenvalue weighted by atomic mass is 79.9. The molecule has 0 heterocycles. The number of anilines is 2. The van der Waals surface area contributed by atoms with Crippen LogP contribution >= 0.6 is 15.9 Å². The van der Waals surface area contributed by atoms with Crippen LogP contribution in [0.15, 0.2) is 40.9 Å². The normalized spacial score (nSPS) is 10.2. The van der Waals surface area contributed by atoms with E-state index in [0.717, 1.165) is 6.07 Å². The molecule has 19 heavy (non-hydrogen) atoms. The minimum absolute atomic E-state index is 0.0955. The van der Waals surface area contributed by atoms with Gasteiger partial charge in [-0.25, -0.2) is 4.39 Å². The maximum absolute atomic E-state index is 12.9. The third-order valence-electron chi connectivity index (χ3n) is 2.47. The molecular weight excluding hydrogens is 315 g/mol. The lowest BCUT2D eigenvalue weighted by atomic mass is 10.1. The third kappa shape index (κ3) is 3.03. The van der Waals surface area contributed by atoms with Crippen molar-refractivity contribution in [3.8, 4) is 5.75 Å². The molecule has 2 rings (SSSR count). The van der Waals surface area contributed by atoms with Gasteiger partial charge in [-0.1, -0.05) is 15.9 Å². The number of nitrogen functional groups attached to an aromatic ring is 1. The Morgan fingerprint density at radius 2 is 2.00 bits per heavy atom. The second-order valence-electron chi connectivity index (χ2n) is 3.85. The molecule has 2 aromatic carbocycles. The molecule has 0 unspecified atom stereocenters. The van der Waals surface area contributed by atoms with Gasteiger partial charge in [-0.05, 0) is 36.4 Å². The largest absolute Gasteiger partial charge is 0.507 e. The fourth-order valence-corrected chi connectivity index (χ4v) is 1.89. The number of halogens is 2. The number of benzene rings is 2. The van der Waals surface area contributed by atoms with Crippen molar-refractivity contribution in [1.29, 1.82) is 0 Å². The lowest BCUT2D eigenvalue weighted by Gasteiger charge is -2.09. The van der Waals surface area contributed by atoms with Crippen molar-refractivity contribution in [3.63, 3.8) is 0 Å². The number of nitrogens with one attached hydrogen (secondary N) is 1. The van der Waals surface area contributed by atoms with E-state index in [1.54, 1.807) is 6.07 Å². The fourth-order valence-electron chi connectivity index (χ4n) is 1.53. The molecule has 0 fully saturated rings. The number of phenolic OH excluding ortho intramolecular Hbond substituents is 1. The second kappa shape index (κ2) is 5.27. The van der Waals surface area contributed by atoms with Crippen LogP contribution in [0.25, 0.3) is 0 Å². The Hall–Kier alpha value is -2.08. The maximum Gasteiger partial charge on any atom is 0.259 e. The molecule has 0 saturated heterocycles. The molecule has 0 atom stereocenters. The summed E-state index contributed by atoms with van der Waals surface area (Å²) in [5.41, 5.74) is 6.08. The van der Waals surface area contributed by atoms with Crippen molar-refractivity contribution < 1.29 is 14.3 Å². The smallest absolute Gasteiger partial charge is 0.259 e. The van der Waals surface area contributed by atoms with Crippen LogP contribution in [0.1, 0.15) is 10.4 Å². The van der Waals surface area contributed by atoms with Crippen LogP contribution < -0.4 is 11.1 Å². The van der Waals surface area contributed by atoms with Crippen LogP contribution in [0.4, 0.5) is 15.8 Å². The highest BCUT2D eigenvalue weighted by Gasteiger charge is 2.13. The van der Waals surface area contributed by atoms with Crippen molar-refractivity contribution in [2.24, 2.45) is 0 Å². The Bertz CT molecular complexity index is 647. The first-order chi connectivity index (χ1) is 8.97. The van der Waals surface area contributed by atoms with Gasteiger partial charge in [0.2, 0.25) is 0 Å². The maximum atomic E-state index is 12.9. The molecule has 0 bridgehead atoms. The van der Waals surface area contributed by atoms with E-state index in [9.17, 15) is 14.3 Å². The molecule has 4 N–H and O–H groups in total. The van der Waals surface area contributed by atoms with Gasteiger partial charge in [0.05, 0.1) is 16.9 Å². The van der Waals surface area contributed by atoms with E-state index < -0.39 is 11.7 Å². The molecule has 0 aliphatic carbocycles. The van der Waals surface area contributed by atoms with Crippen molar-refractivity contribution in [3.05, 3.63) is 52.3 Å². The minimum Gasteiger partial charge on any atom is -0.507 e. The summed E-state index contributed by atoms with van der Waals surface area (Å²) in [7, 11) is 0. The second-order valence-corrected chi connectivity index (χ2v) is 4.76. The van der Waals surface area contributed by atoms with Crippen molar-refractivity contribution in [2.45, 2.75) is 0 Å². The van der Waals surface area contributed by atoms with Crippen LogP contribution in [0.2, 0.25) is 0 Å². The molecule has 2 aromatic rings. The molecular formula is C13H10BrFN2O2. The Balaban J connectivity index is 2.28. The molecule has 0 saturated carbocycles. The van der Waals surface area contributed by atoms with Crippen LogP contribution in [-0.4, -0.2) is 11.0 Å². The zero-order valence-corrected chi connectivity index (χ0v) is 11.2. The highest BCUT2D eigenvalue weighted by molar-refractivity contribution is 9.10. The number of hydrogen-bond donors (Lipinski definition) is 3.